The second-order valence-corrected chi connectivity index (χ2v) is 4.47. The van der Waals surface area contributed by atoms with Crippen molar-refractivity contribution in [2.75, 3.05) is 18.0 Å². The van der Waals surface area contributed by atoms with Crippen LogP contribution in [-0.4, -0.2) is 19.1 Å². The van der Waals surface area contributed by atoms with Crippen molar-refractivity contribution in [3.63, 3.8) is 0 Å². The molecule has 1 saturated heterocycles. The molecule has 0 aromatic heterocycles. The van der Waals surface area contributed by atoms with Crippen molar-refractivity contribution in [2.45, 2.75) is 32.7 Å². The van der Waals surface area contributed by atoms with Crippen LogP contribution in [0.25, 0.3) is 0 Å². The Morgan fingerprint density at radius 1 is 1.33 bits per heavy atom. The fraction of sp³-hybridized carbons (Fsp3) is 0.538. The third kappa shape index (κ3) is 1.86. The summed E-state index contributed by atoms with van der Waals surface area (Å²) in [5.74, 6) is 0. The average Bonchev–Trinajstić information content (AvgIpc) is 2.65. The van der Waals surface area contributed by atoms with Gasteiger partial charge in [-0.05, 0) is 37.8 Å². The molecule has 2 nitrogen and oxygen atoms in total. The molecule has 0 spiro atoms. The Hall–Kier alpha value is -1.02. The number of nitrogens with two attached hydrogens (primary N) is 1. The van der Waals surface area contributed by atoms with E-state index in [9.17, 15) is 0 Å². The van der Waals surface area contributed by atoms with E-state index in [2.05, 4.69) is 36.9 Å². The summed E-state index contributed by atoms with van der Waals surface area (Å²) in [5, 5.41) is 0. The van der Waals surface area contributed by atoms with Gasteiger partial charge in [0.05, 0.1) is 0 Å². The number of hydrogen-bond acceptors (Lipinski definition) is 2. The van der Waals surface area contributed by atoms with Crippen LogP contribution in [0.4, 0.5) is 5.69 Å². The lowest BCUT2D eigenvalue weighted by molar-refractivity contribution is 0.675. The van der Waals surface area contributed by atoms with Crippen molar-refractivity contribution >= 4 is 5.69 Å². The molecule has 1 aromatic carbocycles. The Balaban J connectivity index is 2.36. The number of anilines is 1. The summed E-state index contributed by atoms with van der Waals surface area (Å²) in [4.78, 5) is 2.49. The van der Waals surface area contributed by atoms with E-state index in [-0.39, 0.29) is 0 Å². The minimum Gasteiger partial charge on any atom is -0.367 e. The zero-order chi connectivity index (χ0) is 10.8. The largest absolute Gasteiger partial charge is 0.367 e. The van der Waals surface area contributed by atoms with E-state index in [0.717, 1.165) is 13.1 Å². The van der Waals surface area contributed by atoms with Crippen molar-refractivity contribution in [3.8, 4) is 0 Å². The minimum absolute atomic E-state index is 0.546. The molecule has 0 saturated carbocycles. The third-order valence-electron chi connectivity index (χ3n) is 3.38. The first-order valence-electron chi connectivity index (χ1n) is 5.77. The Morgan fingerprint density at radius 2 is 2.00 bits per heavy atom. The highest BCUT2D eigenvalue weighted by atomic mass is 15.2. The van der Waals surface area contributed by atoms with Crippen molar-refractivity contribution < 1.29 is 0 Å². The van der Waals surface area contributed by atoms with Crippen LogP contribution < -0.4 is 10.6 Å². The molecule has 0 aliphatic carbocycles. The van der Waals surface area contributed by atoms with E-state index in [1.54, 1.807) is 0 Å². The van der Waals surface area contributed by atoms with Gasteiger partial charge < -0.3 is 10.6 Å². The number of hydrogen-bond donors (Lipinski definition) is 1. The van der Waals surface area contributed by atoms with Gasteiger partial charge >= 0.3 is 0 Å². The van der Waals surface area contributed by atoms with Crippen molar-refractivity contribution in [1.29, 1.82) is 0 Å². The molecule has 1 heterocycles. The second kappa shape index (κ2) is 4.23. The molecule has 1 atom stereocenters. The van der Waals surface area contributed by atoms with Gasteiger partial charge in [-0.3, -0.25) is 0 Å². The van der Waals surface area contributed by atoms with Crippen LogP contribution in [0, 0.1) is 13.8 Å². The maximum atomic E-state index is 5.82. The number of para-hydroxylation sites is 1. The van der Waals surface area contributed by atoms with Gasteiger partial charge in [0, 0.05) is 24.8 Å². The quantitative estimate of drug-likeness (QED) is 0.800. The zero-order valence-corrected chi connectivity index (χ0v) is 9.66. The lowest BCUT2D eigenvalue weighted by Gasteiger charge is -2.29. The molecule has 1 aliphatic rings. The summed E-state index contributed by atoms with van der Waals surface area (Å²) in [6, 6.07) is 7.05. The van der Waals surface area contributed by atoms with Crippen LogP contribution in [0.2, 0.25) is 0 Å². The lowest BCUT2D eigenvalue weighted by Crippen LogP contribution is -2.36. The number of rotatable bonds is 2. The first kappa shape index (κ1) is 10.5. The maximum absolute atomic E-state index is 5.82. The second-order valence-electron chi connectivity index (χ2n) is 4.47. The van der Waals surface area contributed by atoms with Gasteiger partial charge in [0.1, 0.15) is 0 Å². The molecule has 15 heavy (non-hydrogen) atoms. The number of nitrogens with zero attached hydrogens (tertiary/aromatic N) is 1. The molecule has 1 aliphatic heterocycles. The SMILES string of the molecule is Cc1cccc(C)c1N1CCCC1CN. The van der Waals surface area contributed by atoms with E-state index < -0.39 is 0 Å². The molecule has 1 fully saturated rings. The molecule has 1 aromatic rings. The fourth-order valence-electron chi connectivity index (χ4n) is 2.63. The smallest absolute Gasteiger partial charge is 0.0428 e. The predicted molar refractivity (Wildman–Crippen MR) is 65.3 cm³/mol. The fourth-order valence-corrected chi connectivity index (χ4v) is 2.63. The molecule has 1 unspecified atom stereocenters. The summed E-state index contributed by atoms with van der Waals surface area (Å²) < 4.78 is 0. The van der Waals surface area contributed by atoms with Gasteiger partial charge in [0.2, 0.25) is 0 Å². The van der Waals surface area contributed by atoms with Gasteiger partial charge in [-0.25, -0.2) is 0 Å². The van der Waals surface area contributed by atoms with E-state index in [0.29, 0.717) is 6.04 Å². The van der Waals surface area contributed by atoms with Crippen molar-refractivity contribution in [3.05, 3.63) is 29.3 Å². The van der Waals surface area contributed by atoms with Crippen molar-refractivity contribution in [2.24, 2.45) is 5.73 Å². The Morgan fingerprint density at radius 3 is 2.60 bits per heavy atom. The van der Waals surface area contributed by atoms with Gasteiger partial charge in [-0.15, -0.1) is 0 Å². The molecule has 2 heteroatoms. The Kier molecular flexibility index (Phi) is 2.96. The Bertz CT molecular complexity index is 326. The lowest BCUT2D eigenvalue weighted by atomic mass is 10.1. The van der Waals surface area contributed by atoms with Crippen LogP contribution in [0.1, 0.15) is 24.0 Å². The van der Waals surface area contributed by atoms with Gasteiger partial charge in [-0.2, -0.15) is 0 Å². The number of benzene rings is 1. The number of aryl methyl sites for hydroxylation is 2. The summed E-state index contributed by atoms with van der Waals surface area (Å²) in [6.45, 7) is 6.31. The highest BCUT2D eigenvalue weighted by molar-refractivity contribution is 5.60. The standard InChI is InChI=1S/C13H20N2/c1-10-5-3-6-11(2)13(10)15-8-4-7-12(15)9-14/h3,5-6,12H,4,7-9,14H2,1-2H3. The van der Waals surface area contributed by atoms with E-state index >= 15 is 0 Å². The zero-order valence-electron chi connectivity index (χ0n) is 9.66. The highest BCUT2D eigenvalue weighted by Crippen LogP contribution is 2.30. The van der Waals surface area contributed by atoms with E-state index in [1.165, 1.54) is 29.7 Å². The first-order valence-corrected chi connectivity index (χ1v) is 5.77. The average molecular weight is 204 g/mol. The molecule has 2 N–H and O–H groups in total. The Labute approximate surface area is 92.1 Å². The normalized spacial score (nSPS) is 21.0. The van der Waals surface area contributed by atoms with Crippen LogP contribution in [0.15, 0.2) is 18.2 Å². The van der Waals surface area contributed by atoms with Crippen molar-refractivity contribution in [1.82, 2.24) is 0 Å². The highest BCUT2D eigenvalue weighted by Gasteiger charge is 2.25. The van der Waals surface area contributed by atoms with Crippen LogP contribution in [-0.2, 0) is 0 Å². The molecular formula is C13H20N2. The molecule has 82 valence electrons. The molecule has 0 radical (unpaired) electrons. The van der Waals surface area contributed by atoms with Crippen LogP contribution >= 0.6 is 0 Å². The van der Waals surface area contributed by atoms with Gasteiger partial charge in [0.15, 0.2) is 0 Å². The van der Waals surface area contributed by atoms with Crippen LogP contribution in [0.5, 0.6) is 0 Å². The summed E-state index contributed by atoms with van der Waals surface area (Å²) in [7, 11) is 0. The van der Waals surface area contributed by atoms with Gasteiger partial charge in [0.25, 0.3) is 0 Å². The van der Waals surface area contributed by atoms with Crippen LogP contribution in [0.3, 0.4) is 0 Å². The van der Waals surface area contributed by atoms with Gasteiger partial charge in [-0.1, -0.05) is 18.2 Å². The summed E-state index contributed by atoms with van der Waals surface area (Å²) in [6.07, 6.45) is 2.51. The molecule has 0 bridgehead atoms. The first-order chi connectivity index (χ1) is 7.24. The van der Waals surface area contributed by atoms with E-state index in [1.807, 2.05) is 0 Å². The summed E-state index contributed by atoms with van der Waals surface area (Å²) in [5.41, 5.74) is 9.97. The summed E-state index contributed by atoms with van der Waals surface area (Å²) >= 11 is 0. The minimum atomic E-state index is 0.546. The monoisotopic (exact) mass is 204 g/mol. The predicted octanol–water partition coefficient (Wildman–Crippen LogP) is 2.23. The molecule has 0 amide bonds. The maximum Gasteiger partial charge on any atom is 0.0428 e. The van der Waals surface area contributed by atoms with E-state index in [4.69, 9.17) is 5.73 Å². The molecular weight excluding hydrogens is 184 g/mol. The topological polar surface area (TPSA) is 29.3 Å². The third-order valence-corrected chi connectivity index (χ3v) is 3.38. The molecule has 2 rings (SSSR count).